The summed E-state index contributed by atoms with van der Waals surface area (Å²) in [6.07, 6.45) is 2.00. The number of ether oxygens (including phenoxy) is 1. The van der Waals surface area contributed by atoms with Gasteiger partial charge in [-0.25, -0.2) is 4.52 Å². The molecule has 3 aromatic rings. The molecule has 1 saturated heterocycles. The predicted molar refractivity (Wildman–Crippen MR) is 99.6 cm³/mol. The molecule has 0 bridgehead atoms. The fourth-order valence-corrected chi connectivity index (χ4v) is 3.42. The first-order valence-electron chi connectivity index (χ1n) is 8.41. The Labute approximate surface area is 146 Å². The maximum absolute atomic E-state index is 5.72. The minimum absolute atomic E-state index is 0.307. The molecule has 0 aliphatic carbocycles. The fraction of sp³-hybridized carbons (Fsp3) is 0.333. The van der Waals surface area contributed by atoms with E-state index < -0.39 is 0 Å². The summed E-state index contributed by atoms with van der Waals surface area (Å²) in [6, 6.07) is 10.3. The van der Waals surface area contributed by atoms with E-state index >= 15 is 0 Å². The quantitative estimate of drug-likeness (QED) is 0.787. The van der Waals surface area contributed by atoms with E-state index in [1.54, 1.807) is 11.6 Å². The molecule has 1 aliphatic heterocycles. The van der Waals surface area contributed by atoms with Crippen molar-refractivity contribution >= 4 is 23.0 Å². The Hall–Kier alpha value is -2.96. The van der Waals surface area contributed by atoms with Gasteiger partial charge in [0.1, 0.15) is 5.75 Å². The molecule has 0 amide bonds. The van der Waals surface area contributed by atoms with E-state index in [9.17, 15) is 0 Å². The number of nitrogens with two attached hydrogens (primary N) is 1. The lowest BCUT2D eigenvalue weighted by atomic mass is 10.2. The van der Waals surface area contributed by atoms with Crippen LogP contribution in [0.5, 0.6) is 5.75 Å². The monoisotopic (exact) mass is 338 g/mol. The standard InChI is InChI=1S/C18H22N6O/c1-13-11-14(12-24-17(13)20-18(19)21-24)22-7-9-23(10-8-22)15-5-3-4-6-16(15)25-2/h3-6,11-12H,7-10H2,1-2H3,(H2,19,21). The lowest BCUT2D eigenvalue weighted by Crippen LogP contribution is -2.46. The van der Waals surface area contributed by atoms with Crippen LogP contribution < -0.4 is 20.3 Å². The number of hydrogen-bond acceptors (Lipinski definition) is 6. The largest absolute Gasteiger partial charge is 0.495 e. The topological polar surface area (TPSA) is 71.9 Å². The SMILES string of the molecule is COc1ccccc1N1CCN(c2cc(C)c3nc(N)nn3c2)CC1. The van der Waals surface area contributed by atoms with Gasteiger partial charge >= 0.3 is 0 Å². The van der Waals surface area contributed by atoms with Crippen molar-refractivity contribution < 1.29 is 4.74 Å². The summed E-state index contributed by atoms with van der Waals surface area (Å²) in [4.78, 5) is 9.00. The molecule has 1 aromatic carbocycles. The number of pyridine rings is 1. The Balaban J connectivity index is 1.54. The fourth-order valence-electron chi connectivity index (χ4n) is 3.42. The van der Waals surface area contributed by atoms with Gasteiger partial charge in [-0.15, -0.1) is 5.10 Å². The minimum atomic E-state index is 0.307. The van der Waals surface area contributed by atoms with Gasteiger partial charge in [0.25, 0.3) is 0 Å². The molecule has 0 spiro atoms. The summed E-state index contributed by atoms with van der Waals surface area (Å²) in [5.41, 5.74) is 9.92. The molecular weight excluding hydrogens is 316 g/mol. The van der Waals surface area contributed by atoms with Crippen molar-refractivity contribution in [1.29, 1.82) is 0 Å². The highest BCUT2D eigenvalue weighted by Crippen LogP contribution is 2.29. The van der Waals surface area contributed by atoms with E-state index in [-0.39, 0.29) is 0 Å². The van der Waals surface area contributed by atoms with Crippen LogP contribution in [0.2, 0.25) is 0 Å². The number of nitrogens with zero attached hydrogens (tertiary/aromatic N) is 5. The number of para-hydroxylation sites is 2. The van der Waals surface area contributed by atoms with Gasteiger partial charge in [0, 0.05) is 26.2 Å². The van der Waals surface area contributed by atoms with Crippen LogP contribution in [0.15, 0.2) is 36.5 Å². The van der Waals surface area contributed by atoms with E-state index in [4.69, 9.17) is 10.5 Å². The number of anilines is 3. The van der Waals surface area contributed by atoms with Gasteiger partial charge in [-0.3, -0.25) is 0 Å². The van der Waals surface area contributed by atoms with Gasteiger partial charge in [-0.2, -0.15) is 4.98 Å². The van der Waals surface area contributed by atoms with Crippen LogP contribution in [0.25, 0.3) is 5.65 Å². The Morgan fingerprint density at radius 2 is 1.80 bits per heavy atom. The number of nitrogen functional groups attached to an aromatic ring is 1. The van der Waals surface area contributed by atoms with Crippen molar-refractivity contribution in [3.8, 4) is 5.75 Å². The van der Waals surface area contributed by atoms with Crippen molar-refractivity contribution in [3.63, 3.8) is 0 Å². The molecule has 25 heavy (non-hydrogen) atoms. The van der Waals surface area contributed by atoms with Gasteiger partial charge in [-0.05, 0) is 30.7 Å². The first-order valence-corrected chi connectivity index (χ1v) is 8.41. The molecule has 4 rings (SSSR count). The molecule has 2 aromatic heterocycles. The summed E-state index contributed by atoms with van der Waals surface area (Å²) in [7, 11) is 1.72. The van der Waals surface area contributed by atoms with E-state index in [1.165, 1.54) is 0 Å². The van der Waals surface area contributed by atoms with Crippen LogP contribution in [0, 0.1) is 6.92 Å². The number of fused-ring (bicyclic) bond motifs is 1. The molecule has 7 nitrogen and oxygen atoms in total. The Morgan fingerprint density at radius 3 is 2.56 bits per heavy atom. The number of rotatable bonds is 3. The summed E-state index contributed by atoms with van der Waals surface area (Å²) < 4.78 is 7.26. The van der Waals surface area contributed by atoms with E-state index in [0.29, 0.717) is 5.95 Å². The second kappa shape index (κ2) is 6.16. The highest BCUT2D eigenvalue weighted by Gasteiger charge is 2.20. The number of aryl methyl sites for hydroxylation is 1. The average Bonchev–Trinajstić information content (AvgIpc) is 3.03. The Kier molecular flexibility index (Phi) is 3.83. The molecule has 0 atom stereocenters. The lowest BCUT2D eigenvalue weighted by Gasteiger charge is -2.37. The van der Waals surface area contributed by atoms with Crippen molar-refractivity contribution in [2.45, 2.75) is 6.92 Å². The molecule has 0 unspecified atom stereocenters. The number of aromatic nitrogens is 3. The Morgan fingerprint density at radius 1 is 1.08 bits per heavy atom. The molecule has 2 N–H and O–H groups in total. The third-order valence-corrected chi connectivity index (χ3v) is 4.69. The van der Waals surface area contributed by atoms with Gasteiger partial charge in [-0.1, -0.05) is 12.1 Å². The van der Waals surface area contributed by atoms with Crippen LogP contribution >= 0.6 is 0 Å². The lowest BCUT2D eigenvalue weighted by molar-refractivity contribution is 0.413. The van der Waals surface area contributed by atoms with Crippen molar-refractivity contribution in [2.24, 2.45) is 0 Å². The molecule has 7 heteroatoms. The smallest absolute Gasteiger partial charge is 0.240 e. The third-order valence-electron chi connectivity index (χ3n) is 4.69. The highest BCUT2D eigenvalue weighted by atomic mass is 16.5. The zero-order valence-electron chi connectivity index (χ0n) is 14.5. The summed E-state index contributed by atoms with van der Waals surface area (Å²) in [5, 5.41) is 4.24. The molecular formula is C18H22N6O. The zero-order chi connectivity index (χ0) is 17.4. The van der Waals surface area contributed by atoms with Crippen LogP contribution in [-0.4, -0.2) is 47.9 Å². The summed E-state index contributed by atoms with van der Waals surface area (Å²) >= 11 is 0. The minimum Gasteiger partial charge on any atom is -0.495 e. The van der Waals surface area contributed by atoms with Crippen molar-refractivity contribution in [1.82, 2.24) is 14.6 Å². The molecule has 130 valence electrons. The molecule has 1 fully saturated rings. The maximum atomic E-state index is 5.72. The van der Waals surface area contributed by atoms with E-state index in [0.717, 1.165) is 54.5 Å². The van der Waals surface area contributed by atoms with Gasteiger partial charge in [0.15, 0.2) is 5.65 Å². The zero-order valence-corrected chi connectivity index (χ0v) is 14.5. The van der Waals surface area contributed by atoms with Crippen LogP contribution in [0.1, 0.15) is 5.56 Å². The molecule has 1 aliphatic rings. The summed E-state index contributed by atoms with van der Waals surface area (Å²) in [6.45, 7) is 5.80. The second-order valence-electron chi connectivity index (χ2n) is 6.27. The normalized spacial score (nSPS) is 15.0. The van der Waals surface area contributed by atoms with Gasteiger partial charge in [0.2, 0.25) is 5.95 Å². The van der Waals surface area contributed by atoms with Gasteiger partial charge < -0.3 is 20.3 Å². The van der Waals surface area contributed by atoms with Crippen LogP contribution in [-0.2, 0) is 0 Å². The van der Waals surface area contributed by atoms with E-state index in [2.05, 4.69) is 38.1 Å². The number of piperazine rings is 1. The van der Waals surface area contributed by atoms with Crippen LogP contribution in [0.3, 0.4) is 0 Å². The number of hydrogen-bond donors (Lipinski definition) is 1. The molecule has 0 radical (unpaired) electrons. The molecule has 3 heterocycles. The maximum Gasteiger partial charge on any atom is 0.240 e. The summed E-state index contributed by atoms with van der Waals surface area (Å²) in [5.74, 6) is 1.23. The third kappa shape index (κ3) is 2.82. The second-order valence-corrected chi connectivity index (χ2v) is 6.27. The van der Waals surface area contributed by atoms with Crippen LogP contribution in [0.4, 0.5) is 17.3 Å². The van der Waals surface area contributed by atoms with Gasteiger partial charge in [0.05, 0.1) is 24.7 Å². The first-order chi connectivity index (χ1) is 12.2. The predicted octanol–water partition coefficient (Wildman–Crippen LogP) is 1.96. The Bertz CT molecular complexity index is 898. The van der Waals surface area contributed by atoms with Crippen molar-refractivity contribution in [3.05, 3.63) is 42.1 Å². The van der Waals surface area contributed by atoms with E-state index in [1.807, 2.05) is 25.3 Å². The number of benzene rings is 1. The first kappa shape index (κ1) is 15.6. The van der Waals surface area contributed by atoms with Crippen molar-refractivity contribution in [2.75, 3.05) is 48.8 Å². The molecule has 0 saturated carbocycles. The average molecular weight is 338 g/mol. The highest BCUT2D eigenvalue weighted by molar-refractivity contribution is 5.61. The number of methoxy groups -OCH3 is 1.